The summed E-state index contributed by atoms with van der Waals surface area (Å²) in [6, 6.07) is 2.33. The van der Waals surface area contributed by atoms with Crippen LogP contribution in [0.1, 0.15) is 5.56 Å². The lowest BCUT2D eigenvalue weighted by Gasteiger charge is -2.06. The normalized spacial score (nSPS) is 10.5. The van der Waals surface area contributed by atoms with Gasteiger partial charge in [0.1, 0.15) is 5.75 Å². The van der Waals surface area contributed by atoms with Crippen LogP contribution in [-0.4, -0.2) is 11.5 Å². The van der Waals surface area contributed by atoms with Gasteiger partial charge in [0.2, 0.25) is 0 Å². The molecule has 1 rings (SSSR count). The van der Waals surface area contributed by atoms with Gasteiger partial charge in [-0.05, 0) is 28.9 Å². The van der Waals surface area contributed by atoms with Crippen molar-refractivity contribution in [1.82, 2.24) is 0 Å². The Hall–Kier alpha value is -1.24. The number of nitrogens with zero attached hydrogens (tertiary/aromatic N) is 1. The summed E-state index contributed by atoms with van der Waals surface area (Å²) in [6.45, 7) is -1.50. The Morgan fingerprint density at radius 3 is 2.53 bits per heavy atom. The molecule has 0 spiro atoms. The highest BCUT2D eigenvalue weighted by atomic mass is 79.9. The molecule has 7 heteroatoms. The van der Waals surface area contributed by atoms with E-state index in [1.807, 2.05) is 0 Å². The first-order valence-corrected chi connectivity index (χ1v) is 4.60. The van der Waals surface area contributed by atoms with E-state index in [0.29, 0.717) is 0 Å². The van der Waals surface area contributed by atoms with Crippen molar-refractivity contribution in [2.75, 3.05) is 0 Å². The summed E-state index contributed by atoms with van der Waals surface area (Å²) < 4.78 is 28.0. The molecule has 0 aliphatic rings. The van der Waals surface area contributed by atoms with E-state index in [9.17, 15) is 18.9 Å². The summed E-state index contributed by atoms with van der Waals surface area (Å²) in [5.41, 5.74) is 0.0987. The zero-order chi connectivity index (χ0) is 11.6. The van der Waals surface area contributed by atoms with Crippen molar-refractivity contribution >= 4 is 21.6 Å². The van der Waals surface area contributed by atoms with E-state index >= 15 is 0 Å². The average molecular weight is 282 g/mol. The fourth-order valence-electron chi connectivity index (χ4n) is 1.11. The third-order valence-corrected chi connectivity index (χ3v) is 2.24. The molecule has 0 unspecified atom stereocenters. The first-order chi connectivity index (χ1) is 6.91. The zero-order valence-corrected chi connectivity index (χ0v) is 9.12. The lowest BCUT2D eigenvalue weighted by atomic mass is 10.2. The molecule has 15 heavy (non-hydrogen) atoms. The molecule has 0 aliphatic heterocycles. The Kier molecular flexibility index (Phi) is 3.57. The topological polar surface area (TPSA) is 52.4 Å². The summed E-state index contributed by atoms with van der Waals surface area (Å²) in [4.78, 5) is 9.97. The van der Waals surface area contributed by atoms with Gasteiger partial charge in [-0.15, -0.1) is 0 Å². The van der Waals surface area contributed by atoms with Gasteiger partial charge in [0.15, 0.2) is 0 Å². The number of hydrogen-bond donors (Lipinski definition) is 0. The highest BCUT2D eigenvalue weighted by Gasteiger charge is 2.18. The molecule has 4 nitrogen and oxygen atoms in total. The Morgan fingerprint density at radius 2 is 2.13 bits per heavy atom. The second-order valence-electron chi connectivity index (χ2n) is 2.71. The fraction of sp³-hybridized carbons (Fsp3) is 0.250. The van der Waals surface area contributed by atoms with E-state index in [2.05, 4.69) is 20.7 Å². The number of alkyl halides is 2. The van der Waals surface area contributed by atoms with Gasteiger partial charge in [-0.3, -0.25) is 10.1 Å². The Morgan fingerprint density at radius 1 is 1.53 bits per heavy atom. The number of aryl methyl sites for hydroxylation is 1. The fourth-order valence-corrected chi connectivity index (χ4v) is 1.79. The lowest BCUT2D eigenvalue weighted by Crippen LogP contribution is -2.03. The van der Waals surface area contributed by atoms with Gasteiger partial charge in [0.05, 0.1) is 9.40 Å². The molecular formula is C8H6BrF2NO3. The monoisotopic (exact) mass is 281 g/mol. The van der Waals surface area contributed by atoms with Crippen LogP contribution in [0.25, 0.3) is 0 Å². The quantitative estimate of drug-likeness (QED) is 0.631. The van der Waals surface area contributed by atoms with E-state index < -0.39 is 11.5 Å². The van der Waals surface area contributed by atoms with Crippen LogP contribution in [0.2, 0.25) is 0 Å². The second-order valence-corrected chi connectivity index (χ2v) is 3.56. The van der Waals surface area contributed by atoms with Gasteiger partial charge in [-0.1, -0.05) is 0 Å². The first kappa shape index (κ1) is 11.8. The molecule has 0 saturated carbocycles. The summed E-state index contributed by atoms with van der Waals surface area (Å²) >= 11 is 2.92. The van der Waals surface area contributed by atoms with Crippen LogP contribution in [0.5, 0.6) is 5.75 Å². The minimum absolute atomic E-state index is 0.111. The number of rotatable bonds is 3. The van der Waals surface area contributed by atoms with Crippen LogP contribution in [0, 0.1) is 17.0 Å². The van der Waals surface area contributed by atoms with Crippen molar-refractivity contribution in [3.8, 4) is 5.75 Å². The summed E-state index contributed by atoms with van der Waals surface area (Å²) in [5, 5.41) is 10.6. The molecule has 1 aromatic rings. The largest absolute Gasteiger partial charge is 0.435 e. The molecule has 0 amide bonds. The van der Waals surface area contributed by atoms with Crippen molar-refractivity contribution in [2.24, 2.45) is 0 Å². The maximum atomic E-state index is 11.9. The molecular weight excluding hydrogens is 276 g/mol. The SMILES string of the molecule is Cc1cc(OC(F)F)cc(Br)c1[N+](=O)[O-]. The smallest absolute Gasteiger partial charge is 0.387 e. The molecule has 0 fully saturated rings. The van der Waals surface area contributed by atoms with Crippen molar-refractivity contribution in [2.45, 2.75) is 13.5 Å². The summed E-state index contributed by atoms with van der Waals surface area (Å²) in [7, 11) is 0. The first-order valence-electron chi connectivity index (χ1n) is 3.81. The van der Waals surface area contributed by atoms with Crippen molar-refractivity contribution < 1.29 is 18.4 Å². The van der Waals surface area contributed by atoms with Crippen molar-refractivity contribution in [1.29, 1.82) is 0 Å². The van der Waals surface area contributed by atoms with Crippen LogP contribution in [0.15, 0.2) is 16.6 Å². The molecule has 0 atom stereocenters. The van der Waals surface area contributed by atoms with Gasteiger partial charge in [0.25, 0.3) is 5.69 Å². The predicted molar refractivity (Wildman–Crippen MR) is 52.2 cm³/mol. The number of ether oxygens (including phenoxy) is 1. The minimum Gasteiger partial charge on any atom is -0.435 e. The van der Waals surface area contributed by atoms with E-state index in [1.165, 1.54) is 13.0 Å². The predicted octanol–water partition coefficient (Wildman–Crippen LogP) is 3.27. The number of nitro groups is 1. The van der Waals surface area contributed by atoms with Gasteiger partial charge in [-0.2, -0.15) is 8.78 Å². The third-order valence-electron chi connectivity index (χ3n) is 1.64. The molecule has 82 valence electrons. The van der Waals surface area contributed by atoms with Gasteiger partial charge in [0, 0.05) is 11.6 Å². The molecule has 0 radical (unpaired) electrons. The van der Waals surface area contributed by atoms with E-state index in [1.54, 1.807) is 0 Å². The van der Waals surface area contributed by atoms with Gasteiger partial charge >= 0.3 is 6.61 Å². The molecule has 0 aliphatic carbocycles. The highest BCUT2D eigenvalue weighted by molar-refractivity contribution is 9.10. The zero-order valence-electron chi connectivity index (χ0n) is 7.54. The molecule has 0 N–H and O–H groups in total. The van der Waals surface area contributed by atoms with Crippen LogP contribution in [0.4, 0.5) is 14.5 Å². The molecule has 0 saturated heterocycles. The van der Waals surface area contributed by atoms with E-state index in [-0.39, 0.29) is 21.5 Å². The van der Waals surface area contributed by atoms with Crippen LogP contribution in [-0.2, 0) is 0 Å². The second kappa shape index (κ2) is 4.52. The maximum absolute atomic E-state index is 11.9. The third kappa shape index (κ3) is 2.85. The Balaban J connectivity index is 3.14. The molecule has 1 aromatic carbocycles. The minimum atomic E-state index is -2.95. The average Bonchev–Trinajstić information content (AvgIpc) is 1.99. The number of benzene rings is 1. The number of halogens is 3. The standard InChI is InChI=1S/C8H6BrF2NO3/c1-4-2-5(15-8(10)11)3-6(9)7(4)12(13)14/h2-3,8H,1H3. The van der Waals surface area contributed by atoms with Crippen molar-refractivity contribution in [3.63, 3.8) is 0 Å². The van der Waals surface area contributed by atoms with Crippen molar-refractivity contribution in [3.05, 3.63) is 32.3 Å². The molecule has 0 bridgehead atoms. The highest BCUT2D eigenvalue weighted by Crippen LogP contribution is 2.33. The molecule has 0 aromatic heterocycles. The maximum Gasteiger partial charge on any atom is 0.387 e. The van der Waals surface area contributed by atoms with Crippen LogP contribution in [0.3, 0.4) is 0 Å². The Labute approximate surface area is 92.1 Å². The molecule has 0 heterocycles. The number of hydrogen-bond acceptors (Lipinski definition) is 3. The lowest BCUT2D eigenvalue weighted by molar-refractivity contribution is -0.386. The van der Waals surface area contributed by atoms with Gasteiger partial charge in [-0.25, -0.2) is 0 Å². The van der Waals surface area contributed by atoms with E-state index in [0.717, 1.165) is 6.07 Å². The number of nitro benzene ring substituents is 1. The van der Waals surface area contributed by atoms with Gasteiger partial charge < -0.3 is 4.74 Å². The van der Waals surface area contributed by atoms with Crippen LogP contribution < -0.4 is 4.74 Å². The Bertz CT molecular complexity index is 374. The van der Waals surface area contributed by atoms with E-state index in [4.69, 9.17) is 0 Å². The summed E-state index contributed by atoms with van der Waals surface area (Å²) in [5.74, 6) is -0.111. The summed E-state index contributed by atoms with van der Waals surface area (Å²) in [6.07, 6.45) is 0. The van der Waals surface area contributed by atoms with Crippen LogP contribution >= 0.6 is 15.9 Å².